The molecule has 0 aliphatic heterocycles. The fraction of sp³-hybridized carbons (Fsp3) is 0.250. The quantitative estimate of drug-likeness (QED) is 0.755. The standard InChI is InChI=1S/C8H6BrF2NO/c1-4-6(3-13)12-2-5(9)7(4)8(10)11/h2-3,8H,1H3. The van der Waals surface area contributed by atoms with Crippen LogP contribution >= 0.6 is 15.9 Å². The summed E-state index contributed by atoms with van der Waals surface area (Å²) in [5.41, 5.74) is 0.106. The van der Waals surface area contributed by atoms with Gasteiger partial charge in [-0.3, -0.25) is 9.78 Å². The molecule has 0 atom stereocenters. The van der Waals surface area contributed by atoms with Gasteiger partial charge in [0.2, 0.25) is 0 Å². The van der Waals surface area contributed by atoms with Crippen LogP contribution in [0.15, 0.2) is 10.7 Å². The summed E-state index contributed by atoms with van der Waals surface area (Å²) in [4.78, 5) is 14.1. The van der Waals surface area contributed by atoms with Gasteiger partial charge in [0, 0.05) is 16.2 Å². The summed E-state index contributed by atoms with van der Waals surface area (Å²) in [6.07, 6.45) is -0.928. The first-order valence-electron chi connectivity index (χ1n) is 3.46. The lowest BCUT2D eigenvalue weighted by Crippen LogP contribution is -1.99. The summed E-state index contributed by atoms with van der Waals surface area (Å²) in [7, 11) is 0. The minimum absolute atomic E-state index is 0.0542. The minimum atomic E-state index is -2.60. The smallest absolute Gasteiger partial charge is 0.265 e. The molecule has 1 rings (SSSR count). The van der Waals surface area contributed by atoms with Crippen molar-refractivity contribution in [2.24, 2.45) is 0 Å². The highest BCUT2D eigenvalue weighted by atomic mass is 79.9. The number of pyridine rings is 1. The van der Waals surface area contributed by atoms with Gasteiger partial charge in [-0.2, -0.15) is 0 Å². The molecule has 0 N–H and O–H groups in total. The molecule has 1 aromatic heterocycles. The maximum Gasteiger partial charge on any atom is 0.265 e. The highest BCUT2D eigenvalue weighted by Crippen LogP contribution is 2.30. The van der Waals surface area contributed by atoms with Gasteiger partial charge in [-0.25, -0.2) is 8.78 Å². The summed E-state index contributed by atoms with van der Waals surface area (Å²) >= 11 is 2.95. The Morgan fingerprint density at radius 1 is 1.62 bits per heavy atom. The third-order valence-electron chi connectivity index (χ3n) is 1.69. The van der Waals surface area contributed by atoms with E-state index in [1.807, 2.05) is 0 Å². The number of aldehydes is 1. The van der Waals surface area contributed by atoms with Gasteiger partial charge in [-0.1, -0.05) is 0 Å². The molecule has 0 radical (unpaired) electrons. The molecule has 1 heterocycles. The second-order valence-electron chi connectivity index (χ2n) is 2.45. The van der Waals surface area contributed by atoms with Crippen LogP contribution in [-0.2, 0) is 0 Å². The molecule has 0 aliphatic rings. The van der Waals surface area contributed by atoms with E-state index in [1.54, 1.807) is 0 Å². The van der Waals surface area contributed by atoms with Crippen molar-refractivity contribution in [3.05, 3.63) is 27.5 Å². The van der Waals surface area contributed by atoms with Crippen molar-refractivity contribution in [2.45, 2.75) is 13.3 Å². The second-order valence-corrected chi connectivity index (χ2v) is 3.30. The Kier molecular flexibility index (Phi) is 3.08. The van der Waals surface area contributed by atoms with Crippen LogP contribution in [-0.4, -0.2) is 11.3 Å². The number of alkyl halides is 2. The molecular formula is C8H6BrF2NO. The summed E-state index contributed by atoms with van der Waals surface area (Å²) < 4.78 is 25.1. The Labute approximate surface area is 82.1 Å². The predicted molar refractivity (Wildman–Crippen MR) is 47.0 cm³/mol. The number of carbonyl (C=O) groups is 1. The third-order valence-corrected chi connectivity index (χ3v) is 2.32. The first-order chi connectivity index (χ1) is 6.07. The first kappa shape index (κ1) is 10.2. The van der Waals surface area contributed by atoms with Gasteiger partial charge in [-0.05, 0) is 28.4 Å². The molecule has 13 heavy (non-hydrogen) atoms. The van der Waals surface area contributed by atoms with E-state index in [4.69, 9.17) is 0 Å². The lowest BCUT2D eigenvalue weighted by atomic mass is 10.1. The number of hydrogen-bond acceptors (Lipinski definition) is 2. The van der Waals surface area contributed by atoms with Gasteiger partial charge in [-0.15, -0.1) is 0 Å². The van der Waals surface area contributed by atoms with Crippen LogP contribution in [0.3, 0.4) is 0 Å². The second kappa shape index (κ2) is 3.91. The number of halogens is 3. The van der Waals surface area contributed by atoms with Gasteiger partial charge in [0.15, 0.2) is 6.29 Å². The van der Waals surface area contributed by atoms with E-state index in [9.17, 15) is 13.6 Å². The van der Waals surface area contributed by atoms with Gasteiger partial charge in [0.25, 0.3) is 6.43 Å². The van der Waals surface area contributed by atoms with Gasteiger partial charge >= 0.3 is 0 Å². The van der Waals surface area contributed by atoms with E-state index >= 15 is 0 Å². The Balaban J connectivity index is 3.38. The van der Waals surface area contributed by atoms with Gasteiger partial charge < -0.3 is 0 Å². The molecule has 1 aromatic rings. The normalized spacial score (nSPS) is 10.5. The Hall–Kier alpha value is -0.840. The van der Waals surface area contributed by atoms with Crippen LogP contribution in [0.25, 0.3) is 0 Å². The van der Waals surface area contributed by atoms with Crippen LogP contribution in [0.2, 0.25) is 0 Å². The fourth-order valence-corrected chi connectivity index (χ4v) is 1.57. The molecule has 2 nitrogen and oxygen atoms in total. The van der Waals surface area contributed by atoms with Crippen molar-refractivity contribution in [2.75, 3.05) is 0 Å². The van der Waals surface area contributed by atoms with Crippen LogP contribution in [0.4, 0.5) is 8.78 Å². The van der Waals surface area contributed by atoms with E-state index in [1.165, 1.54) is 13.1 Å². The largest absolute Gasteiger partial charge is 0.296 e. The number of carbonyl (C=O) groups excluding carboxylic acids is 1. The first-order valence-corrected chi connectivity index (χ1v) is 4.25. The van der Waals surface area contributed by atoms with Crippen molar-refractivity contribution >= 4 is 22.2 Å². The fourth-order valence-electron chi connectivity index (χ4n) is 0.996. The van der Waals surface area contributed by atoms with Crippen molar-refractivity contribution in [1.82, 2.24) is 4.98 Å². The monoisotopic (exact) mass is 249 g/mol. The molecule has 0 saturated carbocycles. The molecular weight excluding hydrogens is 244 g/mol. The summed E-state index contributed by atoms with van der Waals surface area (Å²) in [6, 6.07) is 0. The van der Waals surface area contributed by atoms with Crippen molar-refractivity contribution in [3.63, 3.8) is 0 Å². The van der Waals surface area contributed by atoms with Crippen molar-refractivity contribution < 1.29 is 13.6 Å². The number of aromatic nitrogens is 1. The molecule has 0 saturated heterocycles. The SMILES string of the molecule is Cc1c(C=O)ncc(Br)c1C(F)F. The van der Waals surface area contributed by atoms with Crippen LogP contribution in [0, 0.1) is 6.92 Å². The highest BCUT2D eigenvalue weighted by Gasteiger charge is 2.17. The molecule has 0 amide bonds. The Bertz CT molecular complexity index is 341. The lowest BCUT2D eigenvalue weighted by Gasteiger charge is -2.07. The minimum Gasteiger partial charge on any atom is -0.296 e. The zero-order valence-corrected chi connectivity index (χ0v) is 8.31. The van der Waals surface area contributed by atoms with Crippen molar-refractivity contribution in [1.29, 1.82) is 0 Å². The Morgan fingerprint density at radius 2 is 2.23 bits per heavy atom. The zero-order chi connectivity index (χ0) is 10.0. The Morgan fingerprint density at radius 3 is 2.69 bits per heavy atom. The maximum atomic E-state index is 12.4. The van der Waals surface area contributed by atoms with E-state index in [2.05, 4.69) is 20.9 Å². The van der Waals surface area contributed by atoms with Crippen molar-refractivity contribution in [3.8, 4) is 0 Å². The topological polar surface area (TPSA) is 30.0 Å². The van der Waals surface area contributed by atoms with E-state index in [0.29, 0.717) is 6.29 Å². The molecule has 0 unspecified atom stereocenters. The van der Waals surface area contributed by atoms with Gasteiger partial charge in [0.05, 0.1) is 0 Å². The molecule has 0 spiro atoms. The van der Waals surface area contributed by atoms with Gasteiger partial charge in [0.1, 0.15) is 5.69 Å². The zero-order valence-electron chi connectivity index (χ0n) is 6.72. The van der Waals surface area contributed by atoms with Crippen LogP contribution in [0.1, 0.15) is 28.0 Å². The predicted octanol–water partition coefficient (Wildman–Crippen LogP) is 2.90. The van der Waals surface area contributed by atoms with Crippen LogP contribution < -0.4 is 0 Å². The number of hydrogen-bond donors (Lipinski definition) is 0. The molecule has 0 aliphatic carbocycles. The average Bonchev–Trinajstić information content (AvgIpc) is 2.04. The molecule has 0 bridgehead atoms. The maximum absolute atomic E-state index is 12.4. The third kappa shape index (κ3) is 1.91. The molecule has 0 aromatic carbocycles. The molecule has 0 fully saturated rings. The number of nitrogens with zero attached hydrogens (tertiary/aromatic N) is 1. The lowest BCUT2D eigenvalue weighted by molar-refractivity contribution is 0.111. The van der Waals surface area contributed by atoms with Crippen LogP contribution in [0.5, 0.6) is 0 Å². The molecule has 5 heteroatoms. The van der Waals surface area contributed by atoms with E-state index < -0.39 is 6.43 Å². The summed E-state index contributed by atoms with van der Waals surface area (Å²) in [5.74, 6) is 0. The van der Waals surface area contributed by atoms with E-state index in [-0.39, 0.29) is 21.3 Å². The average molecular weight is 250 g/mol. The highest BCUT2D eigenvalue weighted by molar-refractivity contribution is 9.10. The molecule has 70 valence electrons. The van der Waals surface area contributed by atoms with E-state index in [0.717, 1.165) is 0 Å². The summed E-state index contributed by atoms with van der Waals surface area (Å²) in [5, 5.41) is 0. The summed E-state index contributed by atoms with van der Waals surface area (Å²) in [6.45, 7) is 1.45. The number of rotatable bonds is 2.